The van der Waals surface area contributed by atoms with Crippen LogP contribution >= 0.6 is 0 Å². The number of esters is 1. The van der Waals surface area contributed by atoms with Gasteiger partial charge in [-0.15, -0.1) is 0 Å². The number of halogens is 2. The van der Waals surface area contributed by atoms with Crippen molar-refractivity contribution < 1.29 is 28.0 Å². The van der Waals surface area contributed by atoms with Crippen LogP contribution in [0.4, 0.5) is 8.78 Å². The monoisotopic (exact) mass is 392 g/mol. The molecular formula is C20H18F2O4S. The SMILES string of the molecule is C[S+]([O-])c1ccc(C2=C(C(O)c3ccc(F)c(F)c3)C(=O)OC2(C)C)cc1. The van der Waals surface area contributed by atoms with E-state index in [1.807, 2.05) is 0 Å². The van der Waals surface area contributed by atoms with E-state index in [1.54, 1.807) is 44.4 Å². The molecule has 142 valence electrons. The van der Waals surface area contributed by atoms with Crippen molar-refractivity contribution in [2.45, 2.75) is 30.4 Å². The minimum atomic E-state index is -1.48. The third kappa shape index (κ3) is 3.63. The number of carbonyl (C=O) groups is 1. The summed E-state index contributed by atoms with van der Waals surface area (Å²) in [6.45, 7) is 3.36. The van der Waals surface area contributed by atoms with E-state index in [-0.39, 0.29) is 11.1 Å². The summed E-state index contributed by atoms with van der Waals surface area (Å²) in [6.07, 6.45) is 0.0722. The van der Waals surface area contributed by atoms with Crippen LogP contribution < -0.4 is 0 Å². The molecule has 2 unspecified atom stereocenters. The minimum absolute atomic E-state index is 0.0311. The van der Waals surface area contributed by atoms with E-state index in [1.165, 1.54) is 6.07 Å². The normalized spacial score (nSPS) is 18.4. The largest absolute Gasteiger partial charge is 0.612 e. The fourth-order valence-electron chi connectivity index (χ4n) is 3.18. The highest BCUT2D eigenvalue weighted by molar-refractivity contribution is 7.90. The molecule has 2 atom stereocenters. The zero-order valence-electron chi connectivity index (χ0n) is 15.0. The molecule has 1 N–H and O–H groups in total. The first-order chi connectivity index (χ1) is 12.6. The molecule has 1 aliphatic rings. The third-order valence-electron chi connectivity index (χ3n) is 4.45. The summed E-state index contributed by atoms with van der Waals surface area (Å²) in [5, 5.41) is 10.7. The van der Waals surface area contributed by atoms with E-state index in [0.717, 1.165) is 12.1 Å². The van der Waals surface area contributed by atoms with Crippen LogP contribution in [0.2, 0.25) is 0 Å². The van der Waals surface area contributed by atoms with Gasteiger partial charge in [-0.3, -0.25) is 0 Å². The molecule has 2 aromatic rings. The van der Waals surface area contributed by atoms with Gasteiger partial charge in [-0.2, -0.15) is 0 Å². The molecule has 0 aliphatic carbocycles. The molecule has 0 saturated heterocycles. The van der Waals surface area contributed by atoms with Crippen LogP contribution in [0.15, 0.2) is 52.9 Å². The summed E-state index contributed by atoms with van der Waals surface area (Å²) in [6, 6.07) is 9.67. The van der Waals surface area contributed by atoms with Crippen LogP contribution in [0.3, 0.4) is 0 Å². The van der Waals surface area contributed by atoms with Crippen molar-refractivity contribution in [2.75, 3.05) is 6.26 Å². The van der Waals surface area contributed by atoms with Crippen LogP contribution in [-0.4, -0.2) is 27.5 Å². The first-order valence-electron chi connectivity index (χ1n) is 8.16. The number of cyclic esters (lactones) is 1. The number of hydrogen-bond donors (Lipinski definition) is 1. The van der Waals surface area contributed by atoms with Gasteiger partial charge in [0.05, 0.1) is 5.57 Å². The second-order valence-corrected chi connectivity index (χ2v) is 8.12. The molecule has 27 heavy (non-hydrogen) atoms. The highest BCUT2D eigenvalue weighted by Gasteiger charge is 2.44. The predicted molar refractivity (Wildman–Crippen MR) is 97.2 cm³/mol. The molecule has 0 amide bonds. The summed E-state index contributed by atoms with van der Waals surface area (Å²) in [5.41, 5.74) is 0.0346. The lowest BCUT2D eigenvalue weighted by Gasteiger charge is -2.22. The number of rotatable bonds is 4. The third-order valence-corrected chi connectivity index (χ3v) is 5.38. The summed E-state index contributed by atoms with van der Waals surface area (Å²) >= 11 is -1.16. The zero-order valence-corrected chi connectivity index (χ0v) is 15.8. The van der Waals surface area contributed by atoms with Crippen molar-refractivity contribution in [2.24, 2.45) is 0 Å². The van der Waals surface area contributed by atoms with Crippen molar-refractivity contribution in [3.05, 3.63) is 70.8 Å². The molecule has 4 nitrogen and oxygen atoms in total. The number of ether oxygens (including phenoxy) is 1. The van der Waals surface area contributed by atoms with Crippen molar-refractivity contribution in [1.29, 1.82) is 0 Å². The quantitative estimate of drug-likeness (QED) is 0.638. The summed E-state index contributed by atoms with van der Waals surface area (Å²) in [4.78, 5) is 13.1. The van der Waals surface area contributed by atoms with E-state index < -0.39 is 40.5 Å². The van der Waals surface area contributed by atoms with Crippen molar-refractivity contribution >= 4 is 22.7 Å². The fourth-order valence-corrected chi connectivity index (χ4v) is 3.70. The van der Waals surface area contributed by atoms with Gasteiger partial charge in [0.1, 0.15) is 18.0 Å². The molecule has 7 heteroatoms. The van der Waals surface area contributed by atoms with Gasteiger partial charge in [-0.1, -0.05) is 6.07 Å². The van der Waals surface area contributed by atoms with Crippen molar-refractivity contribution in [3.63, 3.8) is 0 Å². The minimum Gasteiger partial charge on any atom is -0.612 e. The summed E-state index contributed by atoms with van der Waals surface area (Å²) in [5.74, 6) is -2.89. The second-order valence-electron chi connectivity index (χ2n) is 6.74. The molecular weight excluding hydrogens is 374 g/mol. The lowest BCUT2D eigenvalue weighted by atomic mass is 9.86. The Balaban J connectivity index is 2.13. The van der Waals surface area contributed by atoms with E-state index in [0.29, 0.717) is 16.0 Å². The number of carbonyl (C=O) groups excluding carboxylic acids is 1. The Bertz CT molecular complexity index is 920. The van der Waals surface area contributed by atoms with Gasteiger partial charge in [-0.25, -0.2) is 13.6 Å². The molecule has 0 bridgehead atoms. The Morgan fingerprint density at radius 2 is 1.74 bits per heavy atom. The van der Waals surface area contributed by atoms with Gasteiger partial charge in [0.2, 0.25) is 0 Å². The number of benzene rings is 2. The fraction of sp³-hybridized carbons (Fsp3) is 0.250. The van der Waals surface area contributed by atoms with E-state index >= 15 is 0 Å². The smallest absolute Gasteiger partial charge is 0.338 e. The summed E-state index contributed by atoms with van der Waals surface area (Å²) < 4.78 is 43.8. The standard InChI is InChI=1S/C20H18F2O4S/c1-20(2)17(11-4-7-13(8-5-11)27(3)25)16(19(24)26-20)18(23)12-6-9-14(21)15(22)10-12/h4-10,18,23H,1-3H3. The van der Waals surface area contributed by atoms with Crippen LogP contribution in [0, 0.1) is 11.6 Å². The lowest BCUT2D eigenvalue weighted by Crippen LogP contribution is -2.22. The number of aliphatic hydroxyl groups is 1. The lowest BCUT2D eigenvalue weighted by molar-refractivity contribution is -0.144. The van der Waals surface area contributed by atoms with E-state index in [2.05, 4.69) is 0 Å². The number of hydrogen-bond acceptors (Lipinski definition) is 4. The molecule has 2 aromatic carbocycles. The Morgan fingerprint density at radius 3 is 2.30 bits per heavy atom. The number of aliphatic hydroxyl groups excluding tert-OH is 1. The van der Waals surface area contributed by atoms with Crippen LogP contribution in [0.25, 0.3) is 5.57 Å². The predicted octanol–water partition coefficient (Wildman–Crippen LogP) is 3.52. The molecule has 1 aliphatic heterocycles. The Kier molecular flexibility index (Phi) is 5.12. The van der Waals surface area contributed by atoms with Crippen molar-refractivity contribution in [1.82, 2.24) is 0 Å². The second kappa shape index (κ2) is 7.07. The summed E-state index contributed by atoms with van der Waals surface area (Å²) in [7, 11) is 0. The maximum absolute atomic E-state index is 13.6. The molecule has 3 rings (SSSR count). The zero-order chi connectivity index (χ0) is 19.9. The molecule has 0 saturated carbocycles. The average Bonchev–Trinajstić information content (AvgIpc) is 2.85. The van der Waals surface area contributed by atoms with Gasteiger partial charge in [0, 0.05) is 5.57 Å². The van der Waals surface area contributed by atoms with Gasteiger partial charge in [0.15, 0.2) is 16.5 Å². The first kappa shape index (κ1) is 19.5. The maximum atomic E-state index is 13.6. The Hall–Kier alpha value is -2.22. The topological polar surface area (TPSA) is 69.6 Å². The first-order valence-corrected chi connectivity index (χ1v) is 9.72. The average molecular weight is 392 g/mol. The molecule has 0 radical (unpaired) electrons. The maximum Gasteiger partial charge on any atom is 0.338 e. The van der Waals surface area contributed by atoms with Gasteiger partial charge in [-0.05, 0) is 72.5 Å². The van der Waals surface area contributed by atoms with Crippen LogP contribution in [0.5, 0.6) is 0 Å². The highest BCUT2D eigenvalue weighted by Crippen LogP contribution is 2.44. The van der Waals surface area contributed by atoms with Crippen LogP contribution in [0.1, 0.15) is 31.1 Å². The molecule has 1 heterocycles. The Labute approximate surface area is 158 Å². The molecule has 0 fully saturated rings. The molecule has 0 aromatic heterocycles. The van der Waals surface area contributed by atoms with E-state index in [9.17, 15) is 23.2 Å². The van der Waals surface area contributed by atoms with Gasteiger partial charge in [0.25, 0.3) is 0 Å². The molecule has 0 spiro atoms. The van der Waals surface area contributed by atoms with Gasteiger partial charge >= 0.3 is 5.97 Å². The Morgan fingerprint density at radius 1 is 1.11 bits per heavy atom. The van der Waals surface area contributed by atoms with E-state index in [4.69, 9.17) is 4.74 Å². The van der Waals surface area contributed by atoms with Crippen LogP contribution in [-0.2, 0) is 20.7 Å². The van der Waals surface area contributed by atoms with Gasteiger partial charge < -0.3 is 14.4 Å². The highest BCUT2D eigenvalue weighted by atomic mass is 32.2. The van der Waals surface area contributed by atoms with Crippen molar-refractivity contribution in [3.8, 4) is 0 Å².